The van der Waals surface area contributed by atoms with E-state index in [0.29, 0.717) is 5.16 Å². The number of aromatic nitrogens is 4. The van der Waals surface area contributed by atoms with Crippen LogP contribution in [0.3, 0.4) is 0 Å². The number of rotatable bonds is 7. The van der Waals surface area contributed by atoms with Gasteiger partial charge >= 0.3 is 5.97 Å². The predicted octanol–water partition coefficient (Wildman–Crippen LogP) is 1.65. The van der Waals surface area contributed by atoms with Crippen LogP contribution in [0.2, 0.25) is 0 Å². The molecule has 7 heteroatoms. The first-order valence-electron chi connectivity index (χ1n) is 6.36. The molecule has 0 saturated heterocycles. The van der Waals surface area contributed by atoms with Crippen LogP contribution in [0.1, 0.15) is 18.3 Å². The second-order valence-corrected chi connectivity index (χ2v) is 5.12. The number of nitrogens with zero attached hydrogens (tertiary/aromatic N) is 4. The van der Waals surface area contributed by atoms with Crippen molar-refractivity contribution in [1.82, 2.24) is 19.7 Å². The van der Waals surface area contributed by atoms with Crippen molar-refractivity contribution >= 4 is 17.7 Å². The number of aliphatic carboxylic acids is 1. The maximum absolute atomic E-state index is 10.6. The lowest BCUT2D eigenvalue weighted by molar-refractivity contribution is -0.133. The van der Waals surface area contributed by atoms with Crippen LogP contribution in [-0.2, 0) is 24.2 Å². The molecule has 20 heavy (non-hydrogen) atoms. The minimum Gasteiger partial charge on any atom is -0.481 e. The van der Waals surface area contributed by atoms with Crippen molar-refractivity contribution in [1.29, 1.82) is 0 Å². The number of carboxylic acid groups (broad SMARTS) is 1. The van der Waals surface area contributed by atoms with E-state index in [4.69, 9.17) is 5.11 Å². The Kier molecular flexibility index (Phi) is 5.11. The molecule has 2 aromatic heterocycles. The smallest absolute Gasteiger partial charge is 0.313 e. The van der Waals surface area contributed by atoms with Crippen LogP contribution in [0.4, 0.5) is 0 Å². The van der Waals surface area contributed by atoms with Gasteiger partial charge in [-0.1, -0.05) is 11.8 Å². The van der Waals surface area contributed by atoms with E-state index in [-0.39, 0.29) is 5.75 Å². The third-order valence-electron chi connectivity index (χ3n) is 2.82. The van der Waals surface area contributed by atoms with E-state index in [1.165, 1.54) is 17.3 Å². The number of carbonyl (C=O) groups is 1. The topological polar surface area (TPSA) is 80.9 Å². The quantitative estimate of drug-likeness (QED) is 0.782. The van der Waals surface area contributed by atoms with E-state index in [2.05, 4.69) is 15.2 Å². The molecule has 0 aliphatic rings. The van der Waals surface area contributed by atoms with Gasteiger partial charge in [0.2, 0.25) is 0 Å². The van der Waals surface area contributed by atoms with Gasteiger partial charge in [-0.05, 0) is 31.0 Å². The highest BCUT2D eigenvalue weighted by atomic mass is 32.2. The molecule has 0 aromatic carbocycles. The monoisotopic (exact) mass is 292 g/mol. The molecule has 0 spiro atoms. The molecule has 0 saturated carbocycles. The van der Waals surface area contributed by atoms with Crippen LogP contribution in [0, 0.1) is 0 Å². The summed E-state index contributed by atoms with van der Waals surface area (Å²) in [7, 11) is 0. The standard InChI is InChI=1S/C13H16N4O2S/c1-2-17-11(4-3-10-5-7-14-8-6-10)15-16-13(17)20-9-12(18)19/h5-8H,2-4,9H2,1H3,(H,18,19). The van der Waals surface area contributed by atoms with Gasteiger partial charge in [0.15, 0.2) is 5.16 Å². The highest BCUT2D eigenvalue weighted by molar-refractivity contribution is 7.99. The second kappa shape index (κ2) is 7.04. The van der Waals surface area contributed by atoms with Gasteiger partial charge in [0.1, 0.15) is 5.82 Å². The lowest BCUT2D eigenvalue weighted by Crippen LogP contribution is -2.06. The maximum Gasteiger partial charge on any atom is 0.313 e. The summed E-state index contributed by atoms with van der Waals surface area (Å²) in [6.45, 7) is 2.74. The molecular weight excluding hydrogens is 276 g/mol. The van der Waals surface area contributed by atoms with Gasteiger partial charge in [0.05, 0.1) is 5.75 Å². The molecule has 0 unspecified atom stereocenters. The molecule has 6 nitrogen and oxygen atoms in total. The largest absolute Gasteiger partial charge is 0.481 e. The normalized spacial score (nSPS) is 10.7. The zero-order chi connectivity index (χ0) is 14.4. The zero-order valence-corrected chi connectivity index (χ0v) is 12.0. The third kappa shape index (κ3) is 3.80. The Labute approximate surface area is 121 Å². The van der Waals surface area contributed by atoms with Gasteiger partial charge in [-0.2, -0.15) is 0 Å². The van der Waals surface area contributed by atoms with E-state index < -0.39 is 5.97 Å². The summed E-state index contributed by atoms with van der Waals surface area (Å²) in [6.07, 6.45) is 5.19. The second-order valence-electron chi connectivity index (χ2n) is 4.18. The Bertz CT molecular complexity index is 571. The Balaban J connectivity index is 2.02. The number of pyridine rings is 1. The van der Waals surface area contributed by atoms with Crippen LogP contribution < -0.4 is 0 Å². The summed E-state index contributed by atoms with van der Waals surface area (Å²) in [5.74, 6) is 0.0406. The predicted molar refractivity (Wildman–Crippen MR) is 75.7 cm³/mol. The van der Waals surface area contributed by atoms with E-state index in [1.807, 2.05) is 23.6 Å². The number of thioether (sulfide) groups is 1. The fourth-order valence-electron chi connectivity index (χ4n) is 1.86. The fraction of sp³-hybridized carbons (Fsp3) is 0.385. The molecule has 0 radical (unpaired) electrons. The summed E-state index contributed by atoms with van der Waals surface area (Å²) in [5.41, 5.74) is 1.20. The summed E-state index contributed by atoms with van der Waals surface area (Å²) in [4.78, 5) is 14.6. The SMILES string of the molecule is CCn1c(CCc2ccncc2)nnc1SCC(=O)O. The van der Waals surface area contributed by atoms with Gasteiger partial charge < -0.3 is 9.67 Å². The van der Waals surface area contributed by atoms with Gasteiger partial charge in [-0.15, -0.1) is 10.2 Å². The summed E-state index contributed by atoms with van der Waals surface area (Å²) < 4.78 is 1.97. The molecule has 1 N–H and O–H groups in total. The van der Waals surface area contributed by atoms with Crippen molar-refractivity contribution in [2.24, 2.45) is 0 Å². The van der Waals surface area contributed by atoms with Gasteiger partial charge in [-0.3, -0.25) is 9.78 Å². The lowest BCUT2D eigenvalue weighted by Gasteiger charge is -2.06. The van der Waals surface area contributed by atoms with E-state index in [1.54, 1.807) is 12.4 Å². The first-order chi connectivity index (χ1) is 9.70. The number of hydrogen-bond donors (Lipinski definition) is 1. The van der Waals surface area contributed by atoms with Crippen LogP contribution in [0.25, 0.3) is 0 Å². The Morgan fingerprint density at radius 2 is 2.05 bits per heavy atom. The van der Waals surface area contributed by atoms with Crippen molar-refractivity contribution in [3.8, 4) is 0 Å². The Morgan fingerprint density at radius 3 is 2.70 bits per heavy atom. The lowest BCUT2D eigenvalue weighted by atomic mass is 10.1. The molecule has 0 amide bonds. The van der Waals surface area contributed by atoms with E-state index in [0.717, 1.165) is 25.2 Å². The molecular formula is C13H16N4O2S. The summed E-state index contributed by atoms with van der Waals surface area (Å²) >= 11 is 1.20. The fourth-order valence-corrected chi connectivity index (χ4v) is 2.60. The van der Waals surface area contributed by atoms with Crippen LogP contribution >= 0.6 is 11.8 Å². The summed E-state index contributed by atoms with van der Waals surface area (Å²) in [5, 5.41) is 17.6. The highest BCUT2D eigenvalue weighted by Gasteiger charge is 2.12. The van der Waals surface area contributed by atoms with Crippen LogP contribution in [-0.4, -0.2) is 36.6 Å². The molecule has 2 heterocycles. The summed E-state index contributed by atoms with van der Waals surface area (Å²) in [6, 6.07) is 3.96. The van der Waals surface area contributed by atoms with Crippen LogP contribution in [0.15, 0.2) is 29.7 Å². The van der Waals surface area contributed by atoms with Crippen LogP contribution in [0.5, 0.6) is 0 Å². The molecule has 0 aliphatic heterocycles. The number of carboxylic acids is 1. The molecule has 106 valence electrons. The molecule has 0 aliphatic carbocycles. The van der Waals surface area contributed by atoms with Crippen molar-refractivity contribution < 1.29 is 9.90 Å². The first kappa shape index (κ1) is 14.5. The van der Waals surface area contributed by atoms with E-state index >= 15 is 0 Å². The Hall–Kier alpha value is -1.89. The maximum atomic E-state index is 10.6. The average molecular weight is 292 g/mol. The molecule has 2 rings (SSSR count). The van der Waals surface area contributed by atoms with Crippen molar-refractivity contribution in [2.75, 3.05) is 5.75 Å². The van der Waals surface area contributed by atoms with Crippen molar-refractivity contribution in [3.05, 3.63) is 35.9 Å². The molecule has 0 fully saturated rings. The molecule has 2 aromatic rings. The zero-order valence-electron chi connectivity index (χ0n) is 11.2. The van der Waals surface area contributed by atoms with Gasteiger partial charge in [0.25, 0.3) is 0 Å². The number of hydrogen-bond acceptors (Lipinski definition) is 5. The van der Waals surface area contributed by atoms with Crippen molar-refractivity contribution in [3.63, 3.8) is 0 Å². The number of aryl methyl sites for hydroxylation is 2. The average Bonchev–Trinajstić information content (AvgIpc) is 2.86. The minimum absolute atomic E-state index is 0.00247. The highest BCUT2D eigenvalue weighted by Crippen LogP contribution is 2.17. The first-order valence-corrected chi connectivity index (χ1v) is 7.34. The van der Waals surface area contributed by atoms with Gasteiger partial charge in [-0.25, -0.2) is 0 Å². The minimum atomic E-state index is -0.848. The molecule has 0 atom stereocenters. The Morgan fingerprint density at radius 1 is 1.30 bits per heavy atom. The van der Waals surface area contributed by atoms with E-state index in [9.17, 15) is 4.79 Å². The third-order valence-corrected chi connectivity index (χ3v) is 3.77. The molecule has 0 bridgehead atoms. The van der Waals surface area contributed by atoms with Gasteiger partial charge in [0, 0.05) is 25.4 Å². The van der Waals surface area contributed by atoms with Crippen molar-refractivity contribution in [2.45, 2.75) is 31.5 Å².